The van der Waals surface area contributed by atoms with Crippen molar-refractivity contribution < 1.29 is 15.0 Å². The first-order valence-electron chi connectivity index (χ1n) is 11.5. The summed E-state index contributed by atoms with van der Waals surface area (Å²) in [5.41, 5.74) is 1.36. The summed E-state index contributed by atoms with van der Waals surface area (Å²) in [6, 6.07) is 6.78. The van der Waals surface area contributed by atoms with Crippen molar-refractivity contribution in [2.75, 3.05) is 12.4 Å². The molecule has 6 rings (SSSR count). The Labute approximate surface area is 210 Å². The molecule has 11 nitrogen and oxygen atoms in total. The van der Waals surface area contributed by atoms with E-state index in [1.807, 2.05) is 18.2 Å². The lowest BCUT2D eigenvalue weighted by molar-refractivity contribution is -0.132. The summed E-state index contributed by atoms with van der Waals surface area (Å²) in [6.45, 7) is 0.403. The molecule has 2 saturated carbocycles. The first-order chi connectivity index (χ1) is 17.4. The number of nitrogens with zero attached hydrogens (tertiary/aromatic N) is 6. The van der Waals surface area contributed by atoms with Gasteiger partial charge in [0.05, 0.1) is 41.1 Å². The Balaban J connectivity index is 1.45. The monoisotopic (exact) mass is 506 g/mol. The molecule has 1 amide bonds. The molecule has 0 aliphatic heterocycles. The standard InChI is InChI=1S/C24H23ClN8O3/c1-26-23(36)24-7-15(24)17(18(34)19(24)35)33-11-30-16-21(29-10-14-4-2-3-5-28-14)31-20(32-22(16)33)12-6-13(25)9-27-8-12/h2-6,8-9,11,15,17-19,34-35H,7,10H2,1H3,(H,26,36)(H,29,31,32)/t15-,17?,18+,19+,24+/m1/s1. The minimum absolute atomic E-state index is 0.254. The van der Waals surface area contributed by atoms with Crippen molar-refractivity contribution in [3.8, 4) is 11.4 Å². The van der Waals surface area contributed by atoms with Crippen LogP contribution in [-0.2, 0) is 11.3 Å². The minimum atomic E-state index is -1.19. The van der Waals surface area contributed by atoms with Gasteiger partial charge >= 0.3 is 0 Å². The largest absolute Gasteiger partial charge is 0.389 e. The Morgan fingerprint density at radius 1 is 1.25 bits per heavy atom. The van der Waals surface area contributed by atoms with Crippen LogP contribution in [0, 0.1) is 11.3 Å². The van der Waals surface area contributed by atoms with E-state index in [-0.39, 0.29) is 11.8 Å². The number of nitrogens with one attached hydrogen (secondary N) is 2. The number of aromatic nitrogens is 6. The van der Waals surface area contributed by atoms with Gasteiger partial charge in [0, 0.05) is 37.1 Å². The van der Waals surface area contributed by atoms with E-state index < -0.39 is 23.7 Å². The lowest BCUT2D eigenvalue weighted by atomic mass is 9.98. The Kier molecular flexibility index (Phi) is 5.36. The van der Waals surface area contributed by atoms with Gasteiger partial charge in [-0.2, -0.15) is 0 Å². The van der Waals surface area contributed by atoms with E-state index in [1.54, 1.807) is 29.4 Å². The van der Waals surface area contributed by atoms with Gasteiger partial charge in [-0.1, -0.05) is 17.7 Å². The first kappa shape index (κ1) is 22.8. The summed E-state index contributed by atoms with van der Waals surface area (Å²) >= 11 is 6.17. The van der Waals surface area contributed by atoms with Crippen LogP contribution in [0.4, 0.5) is 5.82 Å². The molecule has 0 bridgehead atoms. The number of rotatable bonds is 6. The molecule has 0 spiro atoms. The predicted molar refractivity (Wildman–Crippen MR) is 131 cm³/mol. The Hall–Kier alpha value is -3.67. The van der Waals surface area contributed by atoms with Gasteiger partial charge < -0.3 is 25.4 Å². The maximum atomic E-state index is 12.6. The van der Waals surface area contributed by atoms with Crippen molar-refractivity contribution in [1.29, 1.82) is 0 Å². The molecule has 1 unspecified atom stereocenters. The molecule has 2 aliphatic rings. The Morgan fingerprint density at radius 3 is 2.86 bits per heavy atom. The molecule has 4 N–H and O–H groups in total. The van der Waals surface area contributed by atoms with Crippen LogP contribution in [0.5, 0.6) is 0 Å². The molecule has 4 aromatic rings. The number of hydrogen-bond donors (Lipinski definition) is 4. The normalized spacial score (nSPS) is 26.6. The quantitative estimate of drug-likeness (QED) is 0.305. The van der Waals surface area contributed by atoms with Crippen molar-refractivity contribution in [3.05, 3.63) is 59.9 Å². The predicted octanol–water partition coefficient (Wildman–Crippen LogP) is 1.58. The van der Waals surface area contributed by atoms with E-state index in [4.69, 9.17) is 16.6 Å². The zero-order valence-electron chi connectivity index (χ0n) is 19.2. The molecule has 0 saturated heterocycles. The zero-order chi connectivity index (χ0) is 25.0. The lowest BCUT2D eigenvalue weighted by Gasteiger charge is -2.23. The summed E-state index contributed by atoms with van der Waals surface area (Å²) in [6.07, 6.45) is 4.54. The minimum Gasteiger partial charge on any atom is -0.389 e. The fourth-order valence-electron chi connectivity index (χ4n) is 5.38. The van der Waals surface area contributed by atoms with E-state index in [0.717, 1.165) is 5.69 Å². The van der Waals surface area contributed by atoms with E-state index >= 15 is 0 Å². The van der Waals surface area contributed by atoms with Crippen LogP contribution >= 0.6 is 11.6 Å². The number of aliphatic hydroxyl groups excluding tert-OH is 2. The van der Waals surface area contributed by atoms with Crippen LogP contribution in [-0.4, -0.2) is 64.9 Å². The molecule has 36 heavy (non-hydrogen) atoms. The average molecular weight is 507 g/mol. The number of amides is 1. The van der Waals surface area contributed by atoms with Crippen molar-refractivity contribution in [2.24, 2.45) is 11.3 Å². The number of anilines is 1. The van der Waals surface area contributed by atoms with E-state index in [2.05, 4.69) is 30.6 Å². The molecule has 184 valence electrons. The van der Waals surface area contributed by atoms with E-state index in [9.17, 15) is 15.0 Å². The highest BCUT2D eigenvalue weighted by molar-refractivity contribution is 6.30. The van der Waals surface area contributed by atoms with Crippen LogP contribution < -0.4 is 10.6 Å². The summed E-state index contributed by atoms with van der Waals surface area (Å²) in [5, 5.41) is 28.1. The third kappa shape index (κ3) is 3.42. The highest BCUT2D eigenvalue weighted by atomic mass is 35.5. The second-order valence-electron chi connectivity index (χ2n) is 9.14. The van der Waals surface area contributed by atoms with Crippen LogP contribution in [0.25, 0.3) is 22.6 Å². The number of aliphatic hydroxyl groups is 2. The van der Waals surface area contributed by atoms with E-state index in [0.29, 0.717) is 46.4 Å². The fourth-order valence-corrected chi connectivity index (χ4v) is 5.56. The highest BCUT2D eigenvalue weighted by Gasteiger charge is 2.75. The SMILES string of the molecule is CNC(=O)[C@@]12C[C@@H]1C(n1cnc3c(NCc4ccccn4)nc(-c4cncc(Cl)c4)nc31)[C@H](O)[C@@H]2O. The topological polar surface area (TPSA) is 151 Å². The number of hydrogen-bond acceptors (Lipinski definition) is 9. The van der Waals surface area contributed by atoms with E-state index in [1.165, 1.54) is 13.2 Å². The molecule has 4 aromatic heterocycles. The average Bonchev–Trinajstić information content (AvgIpc) is 3.43. The number of imidazole rings is 1. The second-order valence-corrected chi connectivity index (χ2v) is 9.58. The lowest BCUT2D eigenvalue weighted by Crippen LogP contribution is -2.41. The molecule has 2 fully saturated rings. The highest BCUT2D eigenvalue weighted by Crippen LogP contribution is 2.67. The number of carbonyl (C=O) groups excluding carboxylic acids is 1. The maximum absolute atomic E-state index is 12.6. The molecule has 5 atom stereocenters. The van der Waals surface area contributed by atoms with Gasteiger partial charge in [-0.3, -0.25) is 14.8 Å². The molecule has 0 aromatic carbocycles. The van der Waals surface area contributed by atoms with Gasteiger partial charge in [0.25, 0.3) is 0 Å². The molecular weight excluding hydrogens is 484 g/mol. The van der Waals surface area contributed by atoms with Gasteiger partial charge in [-0.15, -0.1) is 0 Å². The smallest absolute Gasteiger partial charge is 0.229 e. The maximum Gasteiger partial charge on any atom is 0.229 e. The third-order valence-electron chi connectivity index (χ3n) is 7.19. The number of carbonyl (C=O) groups is 1. The first-order valence-corrected chi connectivity index (χ1v) is 11.9. The van der Waals surface area contributed by atoms with Gasteiger partial charge in [0.1, 0.15) is 11.6 Å². The third-order valence-corrected chi connectivity index (χ3v) is 7.40. The van der Waals surface area contributed by atoms with Crippen molar-refractivity contribution in [2.45, 2.75) is 31.2 Å². The molecule has 4 heterocycles. The fraction of sp³-hybridized carbons (Fsp3) is 0.333. The molecular formula is C24H23ClN8O3. The van der Waals surface area contributed by atoms with Crippen molar-refractivity contribution >= 4 is 34.5 Å². The Morgan fingerprint density at radius 2 is 2.11 bits per heavy atom. The molecule has 2 aliphatic carbocycles. The summed E-state index contributed by atoms with van der Waals surface area (Å²) < 4.78 is 1.74. The van der Waals surface area contributed by atoms with Crippen LogP contribution in [0.1, 0.15) is 18.2 Å². The molecule has 0 radical (unpaired) electrons. The van der Waals surface area contributed by atoms with Crippen molar-refractivity contribution in [1.82, 2.24) is 34.8 Å². The second kappa shape index (κ2) is 8.47. The summed E-state index contributed by atoms with van der Waals surface area (Å²) in [5.74, 6) is 0.310. The molecule has 12 heteroatoms. The van der Waals surface area contributed by atoms with Crippen LogP contribution in [0.15, 0.2) is 49.2 Å². The van der Waals surface area contributed by atoms with Crippen molar-refractivity contribution in [3.63, 3.8) is 0 Å². The number of halogens is 1. The van der Waals surface area contributed by atoms with Gasteiger partial charge in [-0.25, -0.2) is 15.0 Å². The van der Waals surface area contributed by atoms with Crippen LogP contribution in [0.2, 0.25) is 5.02 Å². The Bertz CT molecular complexity index is 1460. The van der Waals surface area contributed by atoms with Gasteiger partial charge in [0.2, 0.25) is 5.91 Å². The van der Waals surface area contributed by atoms with Gasteiger partial charge in [0.15, 0.2) is 17.3 Å². The summed E-state index contributed by atoms with van der Waals surface area (Å²) in [4.78, 5) is 35.1. The zero-order valence-corrected chi connectivity index (χ0v) is 20.0. The summed E-state index contributed by atoms with van der Waals surface area (Å²) in [7, 11) is 1.53. The van der Waals surface area contributed by atoms with Gasteiger partial charge in [-0.05, 0) is 24.6 Å². The number of fused-ring (bicyclic) bond motifs is 2. The van der Waals surface area contributed by atoms with Crippen LogP contribution in [0.3, 0.4) is 0 Å². The number of pyridine rings is 2.